The summed E-state index contributed by atoms with van der Waals surface area (Å²) in [6.45, 7) is 1.66. The zero-order valence-electron chi connectivity index (χ0n) is 7.51. The summed E-state index contributed by atoms with van der Waals surface area (Å²) < 4.78 is 11.2. The first-order valence-electron chi connectivity index (χ1n) is 4.11. The molecule has 0 bridgehead atoms. The minimum atomic E-state index is -4.31. The van der Waals surface area contributed by atoms with Gasteiger partial charge in [-0.1, -0.05) is 0 Å². The van der Waals surface area contributed by atoms with Crippen LogP contribution in [-0.4, -0.2) is 31.7 Å². The first-order chi connectivity index (χ1) is 6.41. The van der Waals surface area contributed by atoms with Crippen LogP contribution in [0.3, 0.4) is 0 Å². The van der Waals surface area contributed by atoms with Crippen molar-refractivity contribution in [2.75, 3.05) is 5.75 Å². The molecule has 7 heteroatoms. The number of carbonyl (C=O) groups is 1. The van der Waals surface area contributed by atoms with Crippen LogP contribution in [0.5, 0.6) is 0 Å². The Hall–Kier alpha value is -0.290. The van der Waals surface area contributed by atoms with Gasteiger partial charge in [-0.05, 0) is 12.5 Å². The van der Waals surface area contributed by atoms with Crippen molar-refractivity contribution in [3.63, 3.8) is 0 Å². The number of hydrogen-bond donors (Lipinski definition) is 2. The van der Waals surface area contributed by atoms with E-state index in [9.17, 15) is 9.36 Å². The molecule has 0 aromatic rings. The van der Waals surface area contributed by atoms with Gasteiger partial charge in [0.05, 0.1) is 11.8 Å². The maximum absolute atomic E-state index is 11.2. The maximum Gasteiger partial charge on any atom is 0.372 e. The van der Waals surface area contributed by atoms with Crippen LogP contribution < -0.4 is 0 Å². The lowest BCUT2D eigenvalue weighted by Crippen LogP contribution is -2.52. The SMILES string of the molecule is CC1=C(P(=O)(O)O)N2C(=O)C[C@@H]2SC1. The molecule has 2 rings (SSSR count). The van der Waals surface area contributed by atoms with E-state index in [-0.39, 0.29) is 16.7 Å². The van der Waals surface area contributed by atoms with Crippen molar-refractivity contribution in [1.29, 1.82) is 0 Å². The van der Waals surface area contributed by atoms with Crippen LogP contribution in [-0.2, 0) is 9.36 Å². The second kappa shape index (κ2) is 3.10. The fraction of sp³-hybridized carbons (Fsp3) is 0.571. The average Bonchev–Trinajstić information content (AvgIpc) is 2.04. The first-order valence-corrected chi connectivity index (χ1v) is 6.77. The Kier molecular flexibility index (Phi) is 2.27. The predicted molar refractivity (Wildman–Crippen MR) is 52.5 cm³/mol. The van der Waals surface area contributed by atoms with Crippen molar-refractivity contribution in [3.8, 4) is 0 Å². The molecule has 2 N–H and O–H groups in total. The molecular formula is C7H10NO4PS. The maximum atomic E-state index is 11.2. The summed E-state index contributed by atoms with van der Waals surface area (Å²) in [5.74, 6) is 0.398. The largest absolute Gasteiger partial charge is 0.372 e. The van der Waals surface area contributed by atoms with Gasteiger partial charge >= 0.3 is 7.60 Å². The third kappa shape index (κ3) is 1.42. The van der Waals surface area contributed by atoms with Crippen LogP contribution in [0.4, 0.5) is 0 Å². The highest BCUT2D eigenvalue weighted by Crippen LogP contribution is 2.55. The van der Waals surface area contributed by atoms with Crippen LogP contribution in [0.25, 0.3) is 0 Å². The number of rotatable bonds is 1. The van der Waals surface area contributed by atoms with Crippen molar-refractivity contribution >= 4 is 25.3 Å². The standard InChI is InChI=1S/C7H10NO4PS/c1-4-3-14-6-2-5(9)8(6)7(4)13(10,11)12/h6H,2-3H2,1H3,(H2,10,11,12)/t6-/m0/s1. The predicted octanol–water partition coefficient (Wildman–Crippen LogP) is 0.701. The second-order valence-electron chi connectivity index (χ2n) is 3.38. The summed E-state index contributed by atoms with van der Waals surface area (Å²) in [7, 11) is -4.31. The van der Waals surface area contributed by atoms with Gasteiger partial charge in [0.2, 0.25) is 5.91 Å². The minimum Gasteiger partial charge on any atom is -0.320 e. The minimum absolute atomic E-state index is 0.0613. The van der Waals surface area contributed by atoms with Crippen LogP contribution in [0.2, 0.25) is 0 Å². The van der Waals surface area contributed by atoms with Gasteiger partial charge in [-0.2, -0.15) is 0 Å². The van der Waals surface area contributed by atoms with E-state index in [4.69, 9.17) is 9.79 Å². The smallest absolute Gasteiger partial charge is 0.320 e. The molecule has 2 heterocycles. The molecule has 0 unspecified atom stereocenters. The normalized spacial score (nSPS) is 27.5. The quantitative estimate of drug-likeness (QED) is 0.516. The van der Waals surface area contributed by atoms with Crippen molar-refractivity contribution in [1.82, 2.24) is 4.90 Å². The van der Waals surface area contributed by atoms with E-state index >= 15 is 0 Å². The van der Waals surface area contributed by atoms with Gasteiger partial charge in [-0.25, -0.2) is 0 Å². The number of hydrogen-bond acceptors (Lipinski definition) is 3. The number of fused-ring (bicyclic) bond motifs is 1. The zero-order chi connectivity index (χ0) is 10.5. The number of amides is 1. The van der Waals surface area contributed by atoms with E-state index < -0.39 is 7.60 Å². The number of nitrogens with zero attached hydrogens (tertiary/aromatic N) is 1. The van der Waals surface area contributed by atoms with Gasteiger partial charge in [0.15, 0.2) is 0 Å². The first kappa shape index (κ1) is 10.2. The monoisotopic (exact) mass is 235 g/mol. The molecular weight excluding hydrogens is 225 g/mol. The second-order valence-corrected chi connectivity index (χ2v) is 6.06. The zero-order valence-corrected chi connectivity index (χ0v) is 9.22. The molecule has 0 radical (unpaired) electrons. The lowest BCUT2D eigenvalue weighted by atomic mass is 10.2. The molecule has 5 nitrogen and oxygen atoms in total. The van der Waals surface area contributed by atoms with Gasteiger partial charge in [-0.3, -0.25) is 14.3 Å². The Morgan fingerprint density at radius 3 is 2.64 bits per heavy atom. The Morgan fingerprint density at radius 2 is 2.21 bits per heavy atom. The van der Waals surface area contributed by atoms with E-state index in [1.807, 2.05) is 0 Å². The highest BCUT2D eigenvalue weighted by Gasteiger charge is 2.47. The fourth-order valence-electron chi connectivity index (χ4n) is 1.66. The summed E-state index contributed by atoms with van der Waals surface area (Å²) in [5, 5.41) is -0.0613. The molecule has 0 aromatic carbocycles. The Bertz CT molecular complexity index is 374. The summed E-state index contributed by atoms with van der Waals surface area (Å²) in [4.78, 5) is 30.6. The molecule has 0 aromatic heterocycles. The third-order valence-corrected chi connectivity index (χ3v) is 4.79. The molecule has 1 amide bonds. The number of β-lactam (4-membered cyclic amide) rings is 1. The molecule has 0 aliphatic carbocycles. The van der Waals surface area contributed by atoms with E-state index in [2.05, 4.69) is 0 Å². The molecule has 2 aliphatic heterocycles. The summed E-state index contributed by atoms with van der Waals surface area (Å²) >= 11 is 1.55. The van der Waals surface area contributed by atoms with E-state index in [1.54, 1.807) is 18.7 Å². The molecule has 0 saturated carbocycles. The van der Waals surface area contributed by atoms with Gasteiger partial charge in [0.1, 0.15) is 5.44 Å². The Labute approximate surface area is 85.3 Å². The molecule has 0 spiro atoms. The van der Waals surface area contributed by atoms with Crippen LogP contribution in [0.15, 0.2) is 11.0 Å². The molecule has 1 saturated heterocycles. The van der Waals surface area contributed by atoms with Crippen LogP contribution >= 0.6 is 19.4 Å². The average molecular weight is 235 g/mol. The van der Waals surface area contributed by atoms with E-state index in [1.165, 1.54) is 4.90 Å². The lowest BCUT2D eigenvalue weighted by molar-refractivity contribution is -0.138. The lowest BCUT2D eigenvalue weighted by Gasteiger charge is -2.44. The molecule has 78 valence electrons. The highest BCUT2D eigenvalue weighted by atomic mass is 32.2. The van der Waals surface area contributed by atoms with E-state index in [0.29, 0.717) is 17.7 Å². The van der Waals surface area contributed by atoms with Gasteiger partial charge < -0.3 is 9.79 Å². The molecule has 2 aliphatic rings. The third-order valence-electron chi connectivity index (χ3n) is 2.28. The van der Waals surface area contributed by atoms with Crippen molar-refractivity contribution in [2.45, 2.75) is 18.7 Å². The topological polar surface area (TPSA) is 77.8 Å². The molecule has 14 heavy (non-hydrogen) atoms. The number of carbonyl (C=O) groups excluding carboxylic acids is 1. The van der Waals surface area contributed by atoms with Crippen molar-refractivity contribution < 1.29 is 19.1 Å². The fourth-order valence-corrected chi connectivity index (χ4v) is 4.16. The Morgan fingerprint density at radius 1 is 1.57 bits per heavy atom. The Balaban J connectivity index is 2.43. The highest BCUT2D eigenvalue weighted by molar-refractivity contribution is 8.00. The van der Waals surface area contributed by atoms with Crippen molar-refractivity contribution in [2.24, 2.45) is 0 Å². The van der Waals surface area contributed by atoms with Crippen LogP contribution in [0.1, 0.15) is 13.3 Å². The summed E-state index contributed by atoms with van der Waals surface area (Å²) in [5.41, 5.74) is 0.533. The summed E-state index contributed by atoms with van der Waals surface area (Å²) in [6.07, 6.45) is 0.390. The number of thioether (sulfide) groups is 1. The summed E-state index contributed by atoms with van der Waals surface area (Å²) in [6, 6.07) is 0. The van der Waals surface area contributed by atoms with Crippen LogP contribution in [0, 0.1) is 0 Å². The van der Waals surface area contributed by atoms with Gasteiger partial charge in [-0.15, -0.1) is 11.8 Å². The van der Waals surface area contributed by atoms with Crippen molar-refractivity contribution in [3.05, 3.63) is 11.0 Å². The van der Waals surface area contributed by atoms with E-state index in [0.717, 1.165) is 0 Å². The van der Waals surface area contributed by atoms with Gasteiger partial charge in [0, 0.05) is 5.75 Å². The molecule has 1 atom stereocenters. The van der Waals surface area contributed by atoms with Gasteiger partial charge in [0.25, 0.3) is 0 Å². The molecule has 1 fully saturated rings.